The number of carbonyl (C=O) groups is 1. The molecule has 0 radical (unpaired) electrons. The second-order valence-corrected chi connectivity index (χ2v) is 10.9. The number of rotatable bonds is 7. The maximum atomic E-state index is 14.8. The fraction of sp³-hybridized carbons (Fsp3) is 0.152. The third-order valence-corrected chi connectivity index (χ3v) is 8.10. The first-order valence-electron chi connectivity index (χ1n) is 13.3. The molecule has 1 aliphatic rings. The molecule has 0 unspecified atom stereocenters. The first-order chi connectivity index (χ1) is 20.0. The third-order valence-electron chi connectivity index (χ3n) is 7.24. The number of aromatic nitrogens is 1. The molecular formula is C33H28FN3O3S. The Kier molecular flexibility index (Phi) is 7.50. The molecule has 0 bridgehead atoms. The number of nitrogens with zero attached hydrogens (tertiary/aromatic N) is 2. The largest absolute Gasteiger partial charge is 0.413 e. The summed E-state index contributed by atoms with van der Waals surface area (Å²) in [7, 11) is 1.99. The normalized spacial score (nSPS) is 15.8. The van der Waals surface area contributed by atoms with Crippen LogP contribution >= 0.6 is 11.3 Å². The number of benzene rings is 4. The zero-order valence-electron chi connectivity index (χ0n) is 22.3. The number of ether oxygens (including phenoxy) is 1. The van der Waals surface area contributed by atoms with E-state index >= 15 is 0 Å². The second-order valence-electron chi connectivity index (χ2n) is 10.1. The van der Waals surface area contributed by atoms with Crippen LogP contribution in [0.1, 0.15) is 22.7 Å². The van der Waals surface area contributed by atoms with Gasteiger partial charge in [0.15, 0.2) is 11.6 Å². The second kappa shape index (κ2) is 11.5. The van der Waals surface area contributed by atoms with Crippen LogP contribution in [0.3, 0.4) is 0 Å². The number of hydrogen-bond donors (Lipinski definition) is 2. The van der Waals surface area contributed by atoms with Crippen molar-refractivity contribution in [3.8, 4) is 27.3 Å². The average Bonchev–Trinajstić information content (AvgIpc) is 3.60. The summed E-state index contributed by atoms with van der Waals surface area (Å²) in [6.45, 7) is 0.586. The van der Waals surface area contributed by atoms with Crippen LogP contribution in [0.25, 0.3) is 21.6 Å². The Balaban J connectivity index is 1.15. The number of fused-ring (bicyclic) bond motifs is 1. The summed E-state index contributed by atoms with van der Waals surface area (Å²) in [5.41, 5.74) is 7.28. The van der Waals surface area contributed by atoms with Gasteiger partial charge in [-0.1, -0.05) is 84.9 Å². The quantitative estimate of drug-likeness (QED) is 0.222. The highest BCUT2D eigenvalue weighted by atomic mass is 32.1. The standard InChI is InChI=1S/C33H28FN3O3S/c1-37(32-31(41-20-35-32)23-10-6-3-7-11-23)19-21-12-13-25-18-28(38)30(26(25)16-21)36-33(39)40-29-15-14-24(17-27(29)34)22-8-4-2-5-9-22/h2-17,20,28,30,38H,18-19H2,1H3,(H,36,39)/t28-,30-/m1/s1. The van der Waals surface area contributed by atoms with Crippen molar-refractivity contribution in [1.82, 2.24) is 10.3 Å². The monoisotopic (exact) mass is 565 g/mol. The predicted octanol–water partition coefficient (Wildman–Crippen LogP) is 7.00. The highest BCUT2D eigenvalue weighted by molar-refractivity contribution is 7.13. The Morgan fingerprint density at radius 1 is 1.00 bits per heavy atom. The minimum atomic E-state index is -0.828. The van der Waals surface area contributed by atoms with E-state index in [9.17, 15) is 14.3 Å². The molecule has 1 aliphatic carbocycles. The zero-order chi connectivity index (χ0) is 28.3. The maximum Gasteiger partial charge on any atom is 0.413 e. The molecule has 0 aliphatic heterocycles. The number of aliphatic hydroxyl groups is 1. The highest BCUT2D eigenvalue weighted by Gasteiger charge is 2.33. The summed E-state index contributed by atoms with van der Waals surface area (Å²) in [5.74, 6) is 0.0687. The van der Waals surface area contributed by atoms with Crippen LogP contribution in [0.5, 0.6) is 5.75 Å². The van der Waals surface area contributed by atoms with Crippen LogP contribution in [0.15, 0.2) is 103 Å². The van der Waals surface area contributed by atoms with Gasteiger partial charge in [0.25, 0.3) is 0 Å². The highest BCUT2D eigenvalue weighted by Crippen LogP contribution is 2.36. The van der Waals surface area contributed by atoms with Crippen LogP contribution in [-0.4, -0.2) is 29.3 Å². The summed E-state index contributed by atoms with van der Waals surface area (Å²) < 4.78 is 20.1. The van der Waals surface area contributed by atoms with Gasteiger partial charge in [-0.3, -0.25) is 0 Å². The van der Waals surface area contributed by atoms with Crippen LogP contribution in [-0.2, 0) is 13.0 Å². The van der Waals surface area contributed by atoms with Gasteiger partial charge in [0.05, 0.1) is 22.5 Å². The van der Waals surface area contributed by atoms with E-state index in [1.165, 1.54) is 12.1 Å². The lowest BCUT2D eigenvalue weighted by Crippen LogP contribution is -2.36. The van der Waals surface area contributed by atoms with Crippen molar-refractivity contribution >= 4 is 23.2 Å². The zero-order valence-corrected chi connectivity index (χ0v) is 23.1. The fourth-order valence-electron chi connectivity index (χ4n) is 5.24. The topological polar surface area (TPSA) is 74.7 Å². The first-order valence-corrected chi connectivity index (χ1v) is 14.2. The van der Waals surface area contributed by atoms with Gasteiger partial charge in [-0.05, 0) is 45.5 Å². The lowest BCUT2D eigenvalue weighted by atomic mass is 10.0. The molecule has 1 aromatic heterocycles. The van der Waals surface area contributed by atoms with Crippen LogP contribution in [0.2, 0.25) is 0 Å². The van der Waals surface area contributed by atoms with E-state index in [-0.39, 0.29) is 5.75 Å². The molecule has 6 rings (SSSR count). The molecule has 8 heteroatoms. The molecule has 6 nitrogen and oxygen atoms in total. The number of halogens is 1. The molecule has 4 aromatic carbocycles. The van der Waals surface area contributed by atoms with E-state index in [0.29, 0.717) is 18.5 Å². The third kappa shape index (κ3) is 5.70. The minimum absolute atomic E-state index is 0.178. The SMILES string of the molecule is CN(Cc1ccc2c(c1)[C@@H](NC(=O)Oc1ccc(-c3ccccc3)cc1F)[C@H](O)C2)c1ncsc1-c1ccccc1. The summed E-state index contributed by atoms with van der Waals surface area (Å²) in [6.07, 6.45) is -1.24. The lowest BCUT2D eigenvalue weighted by Gasteiger charge is -2.21. The molecule has 1 amide bonds. The molecule has 2 atom stereocenters. The number of amides is 1. The minimum Gasteiger partial charge on any atom is -0.407 e. The van der Waals surface area contributed by atoms with Gasteiger partial charge in [0.1, 0.15) is 5.82 Å². The Labute approximate surface area is 241 Å². The van der Waals surface area contributed by atoms with E-state index in [0.717, 1.165) is 38.5 Å². The van der Waals surface area contributed by atoms with E-state index in [4.69, 9.17) is 4.74 Å². The molecule has 5 aromatic rings. The van der Waals surface area contributed by atoms with Crippen LogP contribution in [0, 0.1) is 5.82 Å². The van der Waals surface area contributed by atoms with Crippen molar-refractivity contribution in [2.45, 2.75) is 25.1 Å². The Morgan fingerprint density at radius 3 is 2.46 bits per heavy atom. The molecule has 2 N–H and O–H groups in total. The molecule has 0 fully saturated rings. The van der Waals surface area contributed by atoms with Gasteiger partial charge in [-0.15, -0.1) is 11.3 Å². The van der Waals surface area contributed by atoms with Crippen molar-refractivity contribution in [2.75, 3.05) is 11.9 Å². The van der Waals surface area contributed by atoms with Crippen LogP contribution < -0.4 is 15.0 Å². The van der Waals surface area contributed by atoms with Crippen molar-refractivity contribution in [3.05, 3.63) is 125 Å². The number of carbonyl (C=O) groups excluding carboxylic acids is 1. The molecular weight excluding hydrogens is 537 g/mol. The number of hydrogen-bond acceptors (Lipinski definition) is 6. The summed E-state index contributed by atoms with van der Waals surface area (Å²) in [5, 5.41) is 13.5. The molecule has 1 heterocycles. The predicted molar refractivity (Wildman–Crippen MR) is 160 cm³/mol. The maximum absolute atomic E-state index is 14.8. The Hall–Kier alpha value is -4.53. The van der Waals surface area contributed by atoms with E-state index in [1.807, 2.05) is 79.3 Å². The summed E-state index contributed by atoms with van der Waals surface area (Å²) in [6, 6.07) is 29.4. The number of thiazole rings is 1. The molecule has 41 heavy (non-hydrogen) atoms. The Bertz CT molecular complexity index is 1680. The fourth-order valence-corrected chi connectivity index (χ4v) is 6.08. The molecule has 0 saturated carbocycles. The van der Waals surface area contributed by atoms with Crippen LogP contribution in [0.4, 0.5) is 15.0 Å². The number of anilines is 1. The average molecular weight is 566 g/mol. The van der Waals surface area contributed by atoms with Gasteiger partial charge in [0, 0.05) is 20.0 Å². The van der Waals surface area contributed by atoms with E-state index in [2.05, 4.69) is 27.3 Å². The van der Waals surface area contributed by atoms with Gasteiger partial charge >= 0.3 is 6.09 Å². The molecule has 0 spiro atoms. The summed E-state index contributed by atoms with van der Waals surface area (Å²) >= 11 is 1.60. The van der Waals surface area contributed by atoms with Crippen molar-refractivity contribution in [2.24, 2.45) is 0 Å². The number of aliphatic hydroxyl groups excluding tert-OH is 1. The summed E-state index contributed by atoms with van der Waals surface area (Å²) in [4.78, 5) is 20.6. The molecule has 0 saturated heterocycles. The van der Waals surface area contributed by atoms with E-state index in [1.54, 1.807) is 17.4 Å². The lowest BCUT2D eigenvalue weighted by molar-refractivity contribution is 0.133. The van der Waals surface area contributed by atoms with E-state index < -0.39 is 24.1 Å². The van der Waals surface area contributed by atoms with Crippen molar-refractivity contribution in [1.29, 1.82) is 0 Å². The van der Waals surface area contributed by atoms with Crippen molar-refractivity contribution < 1.29 is 19.0 Å². The van der Waals surface area contributed by atoms with Gasteiger partial charge in [-0.2, -0.15) is 0 Å². The van der Waals surface area contributed by atoms with Gasteiger partial charge in [-0.25, -0.2) is 14.2 Å². The van der Waals surface area contributed by atoms with Crippen molar-refractivity contribution in [3.63, 3.8) is 0 Å². The first kappa shape index (κ1) is 26.7. The Morgan fingerprint density at radius 2 is 1.73 bits per heavy atom. The van der Waals surface area contributed by atoms with Gasteiger partial charge < -0.3 is 20.1 Å². The smallest absolute Gasteiger partial charge is 0.407 e. The van der Waals surface area contributed by atoms with Gasteiger partial charge in [0.2, 0.25) is 0 Å². The molecule has 206 valence electrons. The number of nitrogens with one attached hydrogen (secondary N) is 1.